The van der Waals surface area contributed by atoms with Crippen molar-refractivity contribution in [3.63, 3.8) is 0 Å². The van der Waals surface area contributed by atoms with Crippen molar-refractivity contribution < 1.29 is 77.3 Å². The lowest BCUT2D eigenvalue weighted by molar-refractivity contribution is -0.0504. The second-order valence-electron chi connectivity index (χ2n) is 9.33. The number of hydrogen-bond donors (Lipinski definition) is 0. The van der Waals surface area contributed by atoms with Gasteiger partial charge in [-0.3, -0.25) is 0 Å². The monoisotopic (exact) mass is 750 g/mol. The molecule has 0 atom stereocenters. The zero-order valence-corrected chi connectivity index (χ0v) is 25.4. The average molecular weight is 751 g/mol. The largest absolute Gasteiger partial charge is 0.534 e. The van der Waals surface area contributed by atoms with E-state index in [1.165, 1.54) is 36.4 Å². The molecule has 0 saturated heterocycles. The van der Waals surface area contributed by atoms with E-state index in [0.29, 0.717) is 0 Å². The average Bonchev–Trinajstić information content (AvgIpc) is 2.95. The summed E-state index contributed by atoms with van der Waals surface area (Å²) in [6.45, 7) is 0. The Kier molecular flexibility index (Phi) is 9.47. The minimum absolute atomic E-state index is 0.0212. The van der Waals surface area contributed by atoms with Crippen molar-refractivity contribution in [3.05, 3.63) is 91.0 Å². The van der Waals surface area contributed by atoms with Crippen LogP contribution in [0.4, 0.5) is 39.5 Å². The van der Waals surface area contributed by atoms with Gasteiger partial charge in [-0.05, 0) is 88.0 Å². The molecule has 4 rings (SSSR count). The summed E-state index contributed by atoms with van der Waals surface area (Å²) in [6.07, 6.45) is 0. The summed E-state index contributed by atoms with van der Waals surface area (Å²) in [7, 11) is -18.3. The van der Waals surface area contributed by atoms with E-state index >= 15 is 0 Å². The van der Waals surface area contributed by atoms with Gasteiger partial charge < -0.3 is 12.5 Å². The van der Waals surface area contributed by atoms with Gasteiger partial charge in [-0.15, -0.1) is 0 Å². The van der Waals surface area contributed by atoms with Crippen LogP contribution in [0.3, 0.4) is 0 Å². The van der Waals surface area contributed by atoms with Crippen LogP contribution in [-0.2, 0) is 30.4 Å². The highest BCUT2D eigenvalue weighted by molar-refractivity contribution is 7.88. The fourth-order valence-corrected chi connectivity index (χ4v) is 5.19. The van der Waals surface area contributed by atoms with Gasteiger partial charge in [0.15, 0.2) is 0 Å². The first-order valence-corrected chi connectivity index (χ1v) is 16.6. The molecular formula is C27H15F9O9S3. The summed E-state index contributed by atoms with van der Waals surface area (Å²) in [5, 5.41) is 0. The first-order valence-electron chi connectivity index (χ1n) is 12.4. The van der Waals surface area contributed by atoms with Crippen molar-refractivity contribution in [3.8, 4) is 50.6 Å². The van der Waals surface area contributed by atoms with Gasteiger partial charge in [-0.1, -0.05) is 36.4 Å². The quantitative estimate of drug-likeness (QED) is 0.0978. The molecule has 4 aromatic rings. The molecule has 9 nitrogen and oxygen atoms in total. The number of benzene rings is 4. The van der Waals surface area contributed by atoms with Crippen LogP contribution >= 0.6 is 0 Å². The molecule has 21 heteroatoms. The summed E-state index contributed by atoms with van der Waals surface area (Å²) >= 11 is 0. The highest BCUT2D eigenvalue weighted by Gasteiger charge is 2.50. The third-order valence-corrected chi connectivity index (χ3v) is 8.84. The van der Waals surface area contributed by atoms with Crippen LogP contribution in [0, 0.1) is 0 Å². The van der Waals surface area contributed by atoms with Crippen molar-refractivity contribution in [1.29, 1.82) is 0 Å². The van der Waals surface area contributed by atoms with Crippen molar-refractivity contribution >= 4 is 30.4 Å². The van der Waals surface area contributed by atoms with E-state index < -0.39 is 64.1 Å². The van der Waals surface area contributed by atoms with Crippen molar-refractivity contribution in [2.24, 2.45) is 0 Å². The molecule has 0 aliphatic rings. The van der Waals surface area contributed by atoms with Crippen LogP contribution in [0.2, 0.25) is 0 Å². The molecule has 0 spiro atoms. The van der Waals surface area contributed by atoms with Gasteiger partial charge in [0.25, 0.3) is 0 Å². The van der Waals surface area contributed by atoms with Crippen LogP contribution in [0.5, 0.6) is 17.2 Å². The Morgan fingerprint density at radius 1 is 0.354 bits per heavy atom. The summed E-state index contributed by atoms with van der Waals surface area (Å²) in [5.41, 5.74) is -17.3. The van der Waals surface area contributed by atoms with E-state index in [-0.39, 0.29) is 33.4 Å². The summed E-state index contributed by atoms with van der Waals surface area (Å²) in [4.78, 5) is 0. The maximum atomic E-state index is 12.9. The van der Waals surface area contributed by atoms with Crippen LogP contribution in [0.25, 0.3) is 33.4 Å². The normalized spacial score (nSPS) is 13.2. The Labute approximate surface area is 265 Å². The zero-order valence-electron chi connectivity index (χ0n) is 23.0. The third-order valence-electron chi connectivity index (χ3n) is 5.90. The first-order chi connectivity index (χ1) is 21.9. The number of rotatable bonds is 9. The third kappa shape index (κ3) is 8.13. The molecule has 0 N–H and O–H groups in total. The Morgan fingerprint density at radius 3 is 0.792 bits per heavy atom. The van der Waals surface area contributed by atoms with Gasteiger partial charge in [-0.2, -0.15) is 64.8 Å². The topological polar surface area (TPSA) is 130 Å². The SMILES string of the molecule is O=S(=O)(Oc1cccc(-c2cc(-c3cccc(OS(=O)(=O)C(F)(F)F)c3)cc(-c3cccc(OS(=O)(=O)C(F)(F)F)c3)c2)c1)C(F)(F)F. The fraction of sp³-hybridized carbons (Fsp3) is 0.111. The standard InChI is InChI=1S/C27H15F9O9S3/c28-25(29,30)46(37,38)43-22-7-1-4-16(13-22)19-10-20(17-5-2-8-23(14-17)44-47(39,40)26(31,32)33)12-21(11-19)18-6-3-9-24(15-18)45-48(41,42)27(34,35)36/h1-15H. The minimum Gasteiger partial charge on any atom is -0.376 e. The van der Waals surface area contributed by atoms with Gasteiger partial charge in [0.2, 0.25) is 0 Å². The summed E-state index contributed by atoms with van der Waals surface area (Å²) < 4.78 is 198. The lowest BCUT2D eigenvalue weighted by Crippen LogP contribution is -2.28. The summed E-state index contributed by atoms with van der Waals surface area (Å²) in [5.74, 6) is -2.38. The van der Waals surface area contributed by atoms with Crippen LogP contribution in [0.15, 0.2) is 91.0 Å². The van der Waals surface area contributed by atoms with E-state index in [9.17, 15) is 64.8 Å². The highest BCUT2D eigenvalue weighted by atomic mass is 32.2. The Morgan fingerprint density at radius 2 is 0.583 bits per heavy atom. The van der Waals surface area contributed by atoms with Crippen LogP contribution < -0.4 is 12.5 Å². The molecule has 0 aliphatic heterocycles. The molecule has 0 aromatic heterocycles. The molecule has 0 unspecified atom stereocenters. The number of hydrogen-bond acceptors (Lipinski definition) is 9. The molecule has 0 amide bonds. The molecule has 0 saturated carbocycles. The number of halogens is 9. The number of alkyl halides is 9. The van der Waals surface area contributed by atoms with E-state index in [0.717, 1.165) is 54.6 Å². The first kappa shape index (κ1) is 36.3. The van der Waals surface area contributed by atoms with E-state index in [1.807, 2.05) is 0 Å². The highest BCUT2D eigenvalue weighted by Crippen LogP contribution is 2.38. The lowest BCUT2D eigenvalue weighted by atomic mass is 9.93. The van der Waals surface area contributed by atoms with Crippen molar-refractivity contribution in [2.75, 3.05) is 0 Å². The molecule has 0 bridgehead atoms. The molecular weight excluding hydrogens is 735 g/mol. The van der Waals surface area contributed by atoms with Crippen LogP contribution in [0.1, 0.15) is 0 Å². The van der Waals surface area contributed by atoms with Gasteiger partial charge in [0.05, 0.1) is 0 Å². The molecule has 0 radical (unpaired) electrons. The molecule has 4 aromatic carbocycles. The second kappa shape index (κ2) is 12.5. The molecule has 48 heavy (non-hydrogen) atoms. The van der Waals surface area contributed by atoms with Crippen LogP contribution in [-0.4, -0.2) is 41.8 Å². The van der Waals surface area contributed by atoms with Crippen molar-refractivity contribution in [2.45, 2.75) is 16.5 Å². The van der Waals surface area contributed by atoms with E-state index in [1.54, 1.807) is 0 Å². The lowest BCUT2D eigenvalue weighted by Gasteiger charge is -2.15. The predicted molar refractivity (Wildman–Crippen MR) is 150 cm³/mol. The summed E-state index contributed by atoms with van der Waals surface area (Å²) in [6, 6.07) is 16.3. The Bertz CT molecular complexity index is 1920. The Balaban J connectivity index is 1.88. The minimum atomic E-state index is -6.10. The van der Waals surface area contributed by atoms with Gasteiger partial charge in [0, 0.05) is 0 Å². The van der Waals surface area contributed by atoms with E-state index in [2.05, 4.69) is 12.5 Å². The second-order valence-corrected chi connectivity index (χ2v) is 13.9. The van der Waals surface area contributed by atoms with Gasteiger partial charge >= 0.3 is 46.9 Å². The molecule has 0 aliphatic carbocycles. The zero-order chi connectivity index (χ0) is 35.9. The van der Waals surface area contributed by atoms with E-state index in [4.69, 9.17) is 0 Å². The maximum Gasteiger partial charge on any atom is 0.534 e. The van der Waals surface area contributed by atoms with Crippen molar-refractivity contribution in [1.82, 2.24) is 0 Å². The molecule has 0 fully saturated rings. The maximum absolute atomic E-state index is 12.9. The predicted octanol–water partition coefficient (Wildman–Crippen LogP) is 7.37. The fourth-order valence-electron chi connectivity index (χ4n) is 3.83. The Hall–Kier alpha value is -4.50. The molecule has 258 valence electrons. The smallest absolute Gasteiger partial charge is 0.376 e. The van der Waals surface area contributed by atoms with Gasteiger partial charge in [0.1, 0.15) is 17.2 Å². The van der Waals surface area contributed by atoms with Gasteiger partial charge in [-0.25, -0.2) is 0 Å². The molecule has 0 heterocycles.